The molecule has 0 bridgehead atoms. The molecule has 0 aromatic heterocycles. The molecule has 1 aliphatic heterocycles. The third-order valence-electron chi connectivity index (χ3n) is 1.05. The molecule has 1 nitrogen and oxygen atoms in total. The highest BCUT2D eigenvalue weighted by atomic mass is 14.9. The molecule has 1 saturated heterocycles. The molecule has 0 unspecified atom stereocenters. The van der Waals surface area contributed by atoms with E-state index in [-0.39, 0.29) is 0 Å². The highest BCUT2D eigenvalue weighted by Crippen LogP contribution is 1.95. The largest absolute Gasteiger partial charge is 0.346 e. The van der Waals surface area contributed by atoms with Crippen LogP contribution in [0.3, 0.4) is 0 Å². The van der Waals surface area contributed by atoms with Gasteiger partial charge in [0.05, 0.1) is 0 Å². The van der Waals surface area contributed by atoms with Gasteiger partial charge in [0.1, 0.15) is 0 Å². The van der Waals surface area contributed by atoms with Crippen LogP contribution in [0.1, 0.15) is 12.8 Å². The van der Waals surface area contributed by atoms with E-state index in [9.17, 15) is 0 Å². The third-order valence-corrected chi connectivity index (χ3v) is 1.05. The molecular formula is C5H10N-. The fraction of sp³-hybridized carbons (Fsp3) is 0.800. The quantitative estimate of drug-likeness (QED) is 0.423. The zero-order valence-electron chi connectivity index (χ0n) is 3.91. The van der Waals surface area contributed by atoms with Crippen LogP contribution in [0.15, 0.2) is 0 Å². The van der Waals surface area contributed by atoms with Gasteiger partial charge in [-0.25, -0.2) is 0 Å². The van der Waals surface area contributed by atoms with Gasteiger partial charge in [-0.1, -0.05) is 6.42 Å². The van der Waals surface area contributed by atoms with Crippen molar-refractivity contribution in [2.24, 2.45) is 0 Å². The van der Waals surface area contributed by atoms with Crippen LogP contribution >= 0.6 is 0 Å². The van der Waals surface area contributed by atoms with Gasteiger partial charge in [-0.3, -0.25) is 0 Å². The Bertz CT molecular complexity index is 19.4. The molecule has 0 amide bonds. The molecule has 1 N–H and O–H groups in total. The summed E-state index contributed by atoms with van der Waals surface area (Å²) in [7, 11) is 0. The lowest BCUT2D eigenvalue weighted by molar-refractivity contribution is 0.604. The van der Waals surface area contributed by atoms with E-state index in [1.54, 1.807) is 0 Å². The van der Waals surface area contributed by atoms with Crippen molar-refractivity contribution >= 4 is 0 Å². The van der Waals surface area contributed by atoms with Crippen molar-refractivity contribution in [3.63, 3.8) is 0 Å². The second kappa shape index (κ2) is 2.19. The van der Waals surface area contributed by atoms with Gasteiger partial charge >= 0.3 is 0 Å². The summed E-state index contributed by atoms with van der Waals surface area (Å²) in [4.78, 5) is 0. The van der Waals surface area contributed by atoms with Gasteiger partial charge in [0.15, 0.2) is 0 Å². The van der Waals surface area contributed by atoms with Crippen LogP contribution in [0, 0.1) is 6.42 Å². The molecule has 0 atom stereocenters. The lowest BCUT2D eigenvalue weighted by atomic mass is 10.2. The Hall–Kier alpha value is -0.0400. The maximum absolute atomic E-state index is 3.23. The van der Waals surface area contributed by atoms with Gasteiger partial charge in [-0.05, 0) is 6.54 Å². The van der Waals surface area contributed by atoms with Crippen LogP contribution in [0.5, 0.6) is 0 Å². The Morgan fingerprint density at radius 1 is 1.50 bits per heavy atom. The van der Waals surface area contributed by atoms with Crippen molar-refractivity contribution in [3.05, 3.63) is 6.42 Å². The predicted molar refractivity (Wildman–Crippen MR) is 26.4 cm³/mol. The van der Waals surface area contributed by atoms with E-state index in [0.29, 0.717) is 0 Å². The van der Waals surface area contributed by atoms with Gasteiger partial charge in [-0.15, -0.1) is 6.54 Å². The van der Waals surface area contributed by atoms with Crippen LogP contribution in [0.25, 0.3) is 0 Å². The van der Waals surface area contributed by atoms with E-state index in [2.05, 4.69) is 11.7 Å². The second-order valence-electron chi connectivity index (χ2n) is 1.64. The first-order chi connectivity index (χ1) is 3.00. The number of rotatable bonds is 0. The van der Waals surface area contributed by atoms with Crippen molar-refractivity contribution in [3.8, 4) is 0 Å². The maximum Gasteiger partial charge on any atom is -0.0102 e. The molecule has 0 spiro atoms. The molecule has 0 aromatic carbocycles. The summed E-state index contributed by atoms with van der Waals surface area (Å²) in [5.74, 6) is 0. The highest BCUT2D eigenvalue weighted by Gasteiger charge is 1.84. The number of nitrogens with one attached hydrogen (secondary N) is 1. The summed E-state index contributed by atoms with van der Waals surface area (Å²) in [5, 5.41) is 3.23. The summed E-state index contributed by atoms with van der Waals surface area (Å²) in [6, 6.07) is 0. The zero-order valence-corrected chi connectivity index (χ0v) is 3.91. The first-order valence-electron chi connectivity index (χ1n) is 2.52. The lowest BCUT2D eigenvalue weighted by Crippen LogP contribution is -2.21. The maximum atomic E-state index is 3.23. The fourth-order valence-corrected chi connectivity index (χ4v) is 0.678. The molecule has 36 valence electrons. The minimum atomic E-state index is 1.12. The minimum Gasteiger partial charge on any atom is -0.346 e. The average Bonchev–Trinajstić information content (AvgIpc) is 1.72. The van der Waals surface area contributed by atoms with Crippen LogP contribution in [-0.4, -0.2) is 13.1 Å². The minimum absolute atomic E-state index is 1.12. The molecule has 1 heteroatoms. The van der Waals surface area contributed by atoms with Crippen molar-refractivity contribution in [1.82, 2.24) is 5.32 Å². The summed E-state index contributed by atoms with van der Waals surface area (Å²) in [6.45, 7) is 2.34. The predicted octanol–water partition coefficient (Wildman–Crippen LogP) is 0.574. The molecule has 0 saturated carbocycles. The van der Waals surface area contributed by atoms with E-state index in [1.165, 1.54) is 19.4 Å². The van der Waals surface area contributed by atoms with Crippen LogP contribution < -0.4 is 5.32 Å². The van der Waals surface area contributed by atoms with Gasteiger partial charge in [0.2, 0.25) is 0 Å². The standard InChI is InChI=1S/C5H10N/c1-2-4-6-5-3-1/h2,6H,1,3-5H2/q-1. The topological polar surface area (TPSA) is 12.0 Å². The van der Waals surface area contributed by atoms with Crippen molar-refractivity contribution in [2.45, 2.75) is 12.8 Å². The second-order valence-corrected chi connectivity index (χ2v) is 1.64. The van der Waals surface area contributed by atoms with Crippen molar-refractivity contribution in [2.75, 3.05) is 13.1 Å². The number of hydrogen-bond acceptors (Lipinski definition) is 1. The Morgan fingerprint density at radius 2 is 2.50 bits per heavy atom. The first kappa shape index (κ1) is 4.13. The summed E-state index contributed by atoms with van der Waals surface area (Å²) in [5.41, 5.74) is 0. The molecule has 0 radical (unpaired) electrons. The molecule has 6 heavy (non-hydrogen) atoms. The molecule has 1 heterocycles. The summed E-state index contributed by atoms with van der Waals surface area (Å²) < 4.78 is 0. The Labute approximate surface area is 38.7 Å². The third kappa shape index (κ3) is 0.977. The highest BCUT2D eigenvalue weighted by molar-refractivity contribution is 4.72. The van der Waals surface area contributed by atoms with E-state index < -0.39 is 0 Å². The normalized spacial score (nSPS) is 24.0. The zero-order chi connectivity index (χ0) is 4.24. The van der Waals surface area contributed by atoms with Crippen molar-refractivity contribution in [1.29, 1.82) is 0 Å². The molecule has 1 aliphatic rings. The van der Waals surface area contributed by atoms with Crippen molar-refractivity contribution < 1.29 is 0 Å². The number of piperidine rings is 1. The van der Waals surface area contributed by atoms with Crippen LogP contribution in [0.2, 0.25) is 0 Å². The monoisotopic (exact) mass is 84.1 g/mol. The lowest BCUT2D eigenvalue weighted by Gasteiger charge is -2.18. The molecule has 0 aliphatic carbocycles. The van der Waals surface area contributed by atoms with E-state index >= 15 is 0 Å². The Morgan fingerprint density at radius 3 is 2.67 bits per heavy atom. The summed E-state index contributed by atoms with van der Waals surface area (Å²) in [6.07, 6.45) is 4.93. The molecule has 1 fully saturated rings. The van der Waals surface area contributed by atoms with E-state index in [0.717, 1.165) is 6.54 Å². The first-order valence-corrected chi connectivity index (χ1v) is 2.52. The SMILES string of the molecule is [CH-]1CCCNC1. The van der Waals surface area contributed by atoms with Gasteiger partial charge in [-0.2, -0.15) is 6.42 Å². The van der Waals surface area contributed by atoms with E-state index in [4.69, 9.17) is 0 Å². The van der Waals surface area contributed by atoms with Crippen LogP contribution in [0.4, 0.5) is 0 Å². The number of hydrogen-bond donors (Lipinski definition) is 1. The van der Waals surface area contributed by atoms with Crippen LogP contribution in [-0.2, 0) is 0 Å². The smallest absolute Gasteiger partial charge is 0.0102 e. The Balaban J connectivity index is 2.00. The van der Waals surface area contributed by atoms with Gasteiger partial charge in [0.25, 0.3) is 0 Å². The fourth-order valence-electron chi connectivity index (χ4n) is 0.678. The Kier molecular flexibility index (Phi) is 1.51. The average molecular weight is 84.1 g/mol. The van der Waals surface area contributed by atoms with Gasteiger partial charge in [0, 0.05) is 0 Å². The molecule has 0 aromatic rings. The molecular weight excluding hydrogens is 74.1 g/mol. The van der Waals surface area contributed by atoms with Gasteiger partial charge < -0.3 is 11.7 Å². The molecule has 1 rings (SSSR count). The summed E-state index contributed by atoms with van der Waals surface area (Å²) >= 11 is 0. The van der Waals surface area contributed by atoms with E-state index in [1.807, 2.05) is 0 Å².